The van der Waals surface area contributed by atoms with E-state index in [4.69, 9.17) is 0 Å². The standard InChI is InChI=1S/C18H20N4OS/c23-16(7-11-22-13-20-14-5-1-2-6-15(14)22)21-18(8-3-4-9-18)17-19-10-12-24-17/h1-2,5-6,10,12-13H,3-4,7-9,11H2,(H,21,23). The van der Waals surface area contributed by atoms with Crippen molar-refractivity contribution in [3.63, 3.8) is 0 Å². The van der Waals surface area contributed by atoms with E-state index >= 15 is 0 Å². The van der Waals surface area contributed by atoms with Crippen molar-refractivity contribution in [1.82, 2.24) is 19.9 Å². The number of hydrogen-bond acceptors (Lipinski definition) is 4. The predicted octanol–water partition coefficient (Wildman–Crippen LogP) is 3.47. The van der Waals surface area contributed by atoms with Crippen LogP contribution in [0.3, 0.4) is 0 Å². The molecule has 1 amide bonds. The van der Waals surface area contributed by atoms with Gasteiger partial charge in [0.2, 0.25) is 5.91 Å². The van der Waals surface area contributed by atoms with E-state index in [9.17, 15) is 4.79 Å². The number of carbonyl (C=O) groups is 1. The Morgan fingerprint density at radius 3 is 2.88 bits per heavy atom. The fourth-order valence-corrected chi connectivity index (χ4v) is 4.42. The van der Waals surface area contributed by atoms with E-state index in [1.807, 2.05) is 46.7 Å². The summed E-state index contributed by atoms with van der Waals surface area (Å²) in [6.07, 6.45) is 8.35. The van der Waals surface area contributed by atoms with Crippen molar-refractivity contribution < 1.29 is 4.79 Å². The minimum atomic E-state index is -0.248. The zero-order valence-electron chi connectivity index (χ0n) is 13.4. The normalized spacial score (nSPS) is 16.5. The van der Waals surface area contributed by atoms with Gasteiger partial charge in [0, 0.05) is 24.5 Å². The highest BCUT2D eigenvalue weighted by molar-refractivity contribution is 7.09. The van der Waals surface area contributed by atoms with Crippen LogP contribution in [0.4, 0.5) is 0 Å². The molecule has 0 bridgehead atoms. The second kappa shape index (κ2) is 6.36. The number of imidazole rings is 1. The van der Waals surface area contributed by atoms with E-state index in [1.165, 1.54) is 0 Å². The van der Waals surface area contributed by atoms with Crippen LogP contribution >= 0.6 is 11.3 Å². The maximum atomic E-state index is 12.6. The number of carbonyl (C=O) groups excluding carboxylic acids is 1. The van der Waals surface area contributed by atoms with E-state index in [0.29, 0.717) is 13.0 Å². The molecule has 24 heavy (non-hydrogen) atoms. The summed E-state index contributed by atoms with van der Waals surface area (Å²) in [6, 6.07) is 8.00. The molecular formula is C18H20N4OS. The number of aryl methyl sites for hydroxylation is 1. The fraction of sp³-hybridized carbons (Fsp3) is 0.389. The molecule has 2 heterocycles. The molecule has 124 valence electrons. The first kappa shape index (κ1) is 15.3. The van der Waals surface area contributed by atoms with Gasteiger partial charge in [0.25, 0.3) is 0 Å². The van der Waals surface area contributed by atoms with Crippen molar-refractivity contribution in [2.75, 3.05) is 0 Å². The van der Waals surface area contributed by atoms with Crippen molar-refractivity contribution in [2.45, 2.75) is 44.2 Å². The Morgan fingerprint density at radius 1 is 1.25 bits per heavy atom. The first-order chi connectivity index (χ1) is 11.8. The van der Waals surface area contributed by atoms with E-state index in [-0.39, 0.29) is 11.4 Å². The quantitative estimate of drug-likeness (QED) is 0.774. The molecular weight excluding hydrogens is 320 g/mol. The maximum Gasteiger partial charge on any atom is 0.222 e. The number of thiazole rings is 1. The smallest absolute Gasteiger partial charge is 0.222 e. The molecule has 0 unspecified atom stereocenters. The molecule has 6 heteroatoms. The lowest BCUT2D eigenvalue weighted by Gasteiger charge is -2.28. The first-order valence-corrected chi connectivity index (χ1v) is 9.26. The van der Waals surface area contributed by atoms with Crippen LogP contribution < -0.4 is 5.32 Å². The molecule has 1 aliphatic rings. The topological polar surface area (TPSA) is 59.8 Å². The fourth-order valence-electron chi connectivity index (χ4n) is 3.57. The summed E-state index contributed by atoms with van der Waals surface area (Å²) in [5, 5.41) is 6.31. The Hall–Kier alpha value is -2.21. The average Bonchev–Trinajstić information content (AvgIpc) is 3.34. The van der Waals surface area contributed by atoms with Gasteiger partial charge >= 0.3 is 0 Å². The highest BCUT2D eigenvalue weighted by Crippen LogP contribution is 2.39. The van der Waals surface area contributed by atoms with Crippen LogP contribution in [0.1, 0.15) is 37.1 Å². The molecule has 1 saturated carbocycles. The molecule has 5 nitrogen and oxygen atoms in total. The van der Waals surface area contributed by atoms with Gasteiger partial charge in [0.15, 0.2) is 0 Å². The molecule has 4 rings (SSSR count). The van der Waals surface area contributed by atoms with Crippen LogP contribution in [0, 0.1) is 0 Å². The van der Waals surface area contributed by atoms with Gasteiger partial charge in [-0.2, -0.15) is 0 Å². The molecule has 2 aromatic heterocycles. The number of nitrogens with one attached hydrogen (secondary N) is 1. The number of hydrogen-bond donors (Lipinski definition) is 1. The van der Waals surface area contributed by atoms with Gasteiger partial charge in [-0.25, -0.2) is 9.97 Å². The molecule has 0 aliphatic heterocycles. The van der Waals surface area contributed by atoms with Crippen LogP contribution in [0.2, 0.25) is 0 Å². The van der Waals surface area contributed by atoms with Crippen LogP contribution in [-0.4, -0.2) is 20.4 Å². The molecule has 1 aliphatic carbocycles. The maximum absolute atomic E-state index is 12.6. The molecule has 1 aromatic carbocycles. The number of amides is 1. The van der Waals surface area contributed by atoms with Crippen LogP contribution in [0.15, 0.2) is 42.2 Å². The van der Waals surface area contributed by atoms with Gasteiger partial charge in [-0.1, -0.05) is 25.0 Å². The van der Waals surface area contributed by atoms with Gasteiger partial charge in [0.1, 0.15) is 5.01 Å². The molecule has 0 spiro atoms. The lowest BCUT2D eigenvalue weighted by atomic mass is 9.98. The summed E-state index contributed by atoms with van der Waals surface area (Å²) in [4.78, 5) is 21.4. The Bertz CT molecular complexity index is 834. The van der Waals surface area contributed by atoms with Gasteiger partial charge in [-0.05, 0) is 25.0 Å². The summed E-state index contributed by atoms with van der Waals surface area (Å²) in [5.74, 6) is 0.0879. The molecule has 1 fully saturated rings. The van der Waals surface area contributed by atoms with Gasteiger partial charge < -0.3 is 9.88 Å². The summed E-state index contributed by atoms with van der Waals surface area (Å²) < 4.78 is 2.04. The van der Waals surface area contributed by atoms with Crippen molar-refractivity contribution in [2.24, 2.45) is 0 Å². The molecule has 0 radical (unpaired) electrons. The van der Waals surface area contributed by atoms with Crippen molar-refractivity contribution in [1.29, 1.82) is 0 Å². The van der Waals surface area contributed by atoms with Crippen molar-refractivity contribution in [3.8, 4) is 0 Å². The monoisotopic (exact) mass is 340 g/mol. The van der Waals surface area contributed by atoms with Crippen molar-refractivity contribution in [3.05, 3.63) is 47.2 Å². The second-order valence-electron chi connectivity index (χ2n) is 6.35. The van der Waals surface area contributed by atoms with E-state index < -0.39 is 0 Å². The third-order valence-electron chi connectivity index (χ3n) is 4.78. The summed E-state index contributed by atoms with van der Waals surface area (Å²) >= 11 is 1.64. The SMILES string of the molecule is O=C(CCn1cnc2ccccc21)NC1(c2nccs2)CCCC1. The first-order valence-electron chi connectivity index (χ1n) is 8.38. The van der Waals surface area contributed by atoms with Gasteiger partial charge in [-0.3, -0.25) is 4.79 Å². The second-order valence-corrected chi connectivity index (χ2v) is 7.25. The summed E-state index contributed by atoms with van der Waals surface area (Å²) in [6.45, 7) is 0.639. The Balaban J connectivity index is 1.44. The van der Waals surface area contributed by atoms with E-state index in [1.54, 1.807) is 11.3 Å². The molecule has 3 aromatic rings. The zero-order valence-corrected chi connectivity index (χ0v) is 14.3. The average molecular weight is 340 g/mol. The third kappa shape index (κ3) is 2.82. The zero-order chi connectivity index (χ0) is 16.4. The molecule has 1 N–H and O–H groups in total. The lowest BCUT2D eigenvalue weighted by Crippen LogP contribution is -2.44. The number of para-hydroxylation sites is 2. The summed E-state index contributed by atoms with van der Waals surface area (Å²) in [7, 11) is 0. The highest BCUT2D eigenvalue weighted by Gasteiger charge is 2.39. The largest absolute Gasteiger partial charge is 0.344 e. The number of fused-ring (bicyclic) bond motifs is 1. The van der Waals surface area contributed by atoms with Gasteiger partial charge in [0.05, 0.1) is 22.9 Å². The predicted molar refractivity (Wildman–Crippen MR) is 94.8 cm³/mol. The minimum absolute atomic E-state index is 0.0879. The molecule has 0 saturated heterocycles. The van der Waals surface area contributed by atoms with E-state index in [0.717, 1.165) is 41.7 Å². The number of rotatable bonds is 5. The number of benzene rings is 1. The third-order valence-corrected chi connectivity index (χ3v) is 5.76. The van der Waals surface area contributed by atoms with E-state index in [2.05, 4.69) is 15.3 Å². The number of nitrogens with zero attached hydrogens (tertiary/aromatic N) is 3. The Kier molecular flexibility index (Phi) is 4.06. The number of aromatic nitrogens is 3. The lowest BCUT2D eigenvalue weighted by molar-refractivity contribution is -0.123. The summed E-state index contributed by atoms with van der Waals surface area (Å²) in [5.41, 5.74) is 1.79. The van der Waals surface area contributed by atoms with Crippen LogP contribution in [-0.2, 0) is 16.9 Å². The van der Waals surface area contributed by atoms with Crippen LogP contribution in [0.25, 0.3) is 11.0 Å². The van der Waals surface area contributed by atoms with Gasteiger partial charge in [-0.15, -0.1) is 11.3 Å². The Labute approximate surface area is 144 Å². The molecule has 0 atom stereocenters. The Morgan fingerprint density at radius 2 is 2.08 bits per heavy atom. The van der Waals surface area contributed by atoms with Crippen LogP contribution in [0.5, 0.6) is 0 Å². The highest BCUT2D eigenvalue weighted by atomic mass is 32.1. The van der Waals surface area contributed by atoms with Crippen molar-refractivity contribution >= 4 is 28.3 Å². The minimum Gasteiger partial charge on any atom is -0.344 e.